The van der Waals surface area contributed by atoms with Crippen LogP contribution < -0.4 is 9.47 Å². The summed E-state index contributed by atoms with van der Waals surface area (Å²) in [6.07, 6.45) is 4.81. The number of benzene rings is 2. The predicted molar refractivity (Wildman–Crippen MR) is 105 cm³/mol. The quantitative estimate of drug-likeness (QED) is 0.527. The van der Waals surface area contributed by atoms with Crippen molar-refractivity contribution in [2.45, 2.75) is 34.1 Å². The third kappa shape index (κ3) is 3.72. The van der Waals surface area contributed by atoms with Crippen molar-refractivity contribution in [1.82, 2.24) is 0 Å². The van der Waals surface area contributed by atoms with Crippen LogP contribution in [0.15, 0.2) is 53.8 Å². The molecule has 0 aliphatic carbocycles. The Morgan fingerprint density at radius 3 is 2.50 bits per heavy atom. The number of hydrogen-bond donors (Lipinski definition) is 0. The van der Waals surface area contributed by atoms with Crippen molar-refractivity contribution < 1.29 is 14.3 Å². The van der Waals surface area contributed by atoms with Crippen LogP contribution in [0.2, 0.25) is 0 Å². The Morgan fingerprint density at radius 2 is 1.85 bits per heavy atom. The van der Waals surface area contributed by atoms with Crippen molar-refractivity contribution in [2.24, 2.45) is 0 Å². The van der Waals surface area contributed by atoms with E-state index in [1.165, 1.54) is 11.1 Å². The topological polar surface area (TPSA) is 35.5 Å². The Balaban J connectivity index is 1.84. The number of fused-ring (bicyclic) bond motifs is 1. The molecule has 2 aromatic rings. The van der Waals surface area contributed by atoms with Crippen LogP contribution in [0, 0.1) is 6.92 Å². The predicted octanol–water partition coefficient (Wildman–Crippen LogP) is 5.52. The van der Waals surface area contributed by atoms with Crippen molar-refractivity contribution in [3.05, 3.63) is 76.1 Å². The van der Waals surface area contributed by atoms with Gasteiger partial charge in [-0.3, -0.25) is 4.79 Å². The maximum absolute atomic E-state index is 12.6. The second kappa shape index (κ2) is 7.61. The average Bonchev–Trinajstić information content (AvgIpc) is 2.94. The van der Waals surface area contributed by atoms with Gasteiger partial charge < -0.3 is 9.47 Å². The SMILES string of the molecule is CCc1ccc(/C=C2\Oc3c(ccc(OCC=C(C)C)c3C)C2=O)cc1. The first-order valence-corrected chi connectivity index (χ1v) is 8.92. The molecule has 0 bridgehead atoms. The van der Waals surface area contributed by atoms with Gasteiger partial charge in [0.2, 0.25) is 5.78 Å². The van der Waals surface area contributed by atoms with Crippen LogP contribution in [0.25, 0.3) is 6.08 Å². The Morgan fingerprint density at radius 1 is 1.12 bits per heavy atom. The molecule has 0 N–H and O–H groups in total. The van der Waals surface area contributed by atoms with Gasteiger partial charge in [-0.05, 0) is 62.6 Å². The molecule has 26 heavy (non-hydrogen) atoms. The molecule has 0 amide bonds. The minimum atomic E-state index is -0.0847. The molecule has 1 heterocycles. The van der Waals surface area contributed by atoms with Crippen molar-refractivity contribution in [2.75, 3.05) is 6.61 Å². The Hall–Kier alpha value is -2.81. The summed E-state index contributed by atoms with van der Waals surface area (Å²) >= 11 is 0. The zero-order chi connectivity index (χ0) is 18.7. The molecule has 3 rings (SSSR count). The molecular formula is C23H24O3. The first-order valence-electron chi connectivity index (χ1n) is 8.92. The standard InChI is InChI=1S/C23H24O3/c1-5-17-6-8-18(9-7-17)14-21-22(24)19-10-11-20(16(4)23(19)26-21)25-13-12-15(2)3/h6-12,14H,5,13H2,1-4H3/b21-14-. The molecule has 0 radical (unpaired) electrons. The van der Waals surface area contributed by atoms with E-state index in [0.29, 0.717) is 23.7 Å². The Labute approximate surface area is 155 Å². The number of carbonyl (C=O) groups excluding carboxylic acids is 1. The first-order chi connectivity index (χ1) is 12.5. The summed E-state index contributed by atoms with van der Waals surface area (Å²) in [6, 6.07) is 11.8. The van der Waals surface area contributed by atoms with Gasteiger partial charge in [0.15, 0.2) is 5.76 Å². The van der Waals surface area contributed by atoms with Gasteiger partial charge in [-0.15, -0.1) is 0 Å². The molecule has 1 aliphatic rings. The highest BCUT2D eigenvalue weighted by Gasteiger charge is 2.30. The lowest BCUT2D eigenvalue weighted by atomic mass is 10.0. The van der Waals surface area contributed by atoms with Gasteiger partial charge >= 0.3 is 0 Å². The zero-order valence-corrected chi connectivity index (χ0v) is 15.8. The van der Waals surface area contributed by atoms with Crippen LogP contribution in [-0.2, 0) is 6.42 Å². The van der Waals surface area contributed by atoms with Crippen molar-refractivity contribution in [1.29, 1.82) is 0 Å². The lowest BCUT2D eigenvalue weighted by Gasteiger charge is -2.10. The lowest BCUT2D eigenvalue weighted by molar-refractivity contribution is 0.101. The van der Waals surface area contributed by atoms with Crippen LogP contribution in [0.3, 0.4) is 0 Å². The lowest BCUT2D eigenvalue weighted by Crippen LogP contribution is -1.98. The molecule has 0 saturated carbocycles. The molecule has 0 aromatic heterocycles. The van der Waals surface area contributed by atoms with Gasteiger partial charge in [0.25, 0.3) is 0 Å². The number of ketones is 1. The maximum Gasteiger partial charge on any atom is 0.231 e. The minimum Gasteiger partial charge on any atom is -0.489 e. The minimum absolute atomic E-state index is 0.0847. The van der Waals surface area contributed by atoms with E-state index in [4.69, 9.17) is 9.47 Å². The highest BCUT2D eigenvalue weighted by atomic mass is 16.5. The number of ether oxygens (including phenoxy) is 2. The third-order valence-electron chi connectivity index (χ3n) is 4.45. The highest BCUT2D eigenvalue weighted by Crippen LogP contribution is 2.39. The second-order valence-electron chi connectivity index (χ2n) is 6.69. The monoisotopic (exact) mass is 348 g/mol. The first kappa shape index (κ1) is 18.0. The molecule has 134 valence electrons. The summed E-state index contributed by atoms with van der Waals surface area (Å²) in [6.45, 7) is 8.61. The molecule has 0 unspecified atom stereocenters. The molecule has 0 spiro atoms. The van der Waals surface area contributed by atoms with Gasteiger partial charge in [0.05, 0.1) is 5.56 Å². The number of hydrogen-bond acceptors (Lipinski definition) is 3. The number of allylic oxidation sites excluding steroid dienone is 2. The summed E-state index contributed by atoms with van der Waals surface area (Å²) in [5.74, 6) is 1.61. The van der Waals surface area contributed by atoms with E-state index in [1.54, 1.807) is 12.1 Å². The fourth-order valence-electron chi connectivity index (χ4n) is 2.82. The number of aryl methyl sites for hydroxylation is 1. The highest BCUT2D eigenvalue weighted by molar-refractivity contribution is 6.14. The Kier molecular flexibility index (Phi) is 5.27. The van der Waals surface area contributed by atoms with Crippen molar-refractivity contribution >= 4 is 11.9 Å². The molecular weight excluding hydrogens is 324 g/mol. The van der Waals surface area contributed by atoms with Crippen molar-refractivity contribution in [3.63, 3.8) is 0 Å². The van der Waals surface area contributed by atoms with E-state index in [1.807, 2.05) is 45.0 Å². The van der Waals surface area contributed by atoms with Gasteiger partial charge in [-0.1, -0.05) is 36.8 Å². The van der Waals surface area contributed by atoms with Crippen LogP contribution in [0.5, 0.6) is 11.5 Å². The summed E-state index contributed by atoms with van der Waals surface area (Å²) in [5, 5.41) is 0. The molecule has 3 nitrogen and oxygen atoms in total. The van der Waals surface area contributed by atoms with Gasteiger partial charge in [-0.2, -0.15) is 0 Å². The average molecular weight is 348 g/mol. The van der Waals surface area contributed by atoms with Gasteiger partial charge in [-0.25, -0.2) is 0 Å². The molecule has 3 heteroatoms. The van der Waals surface area contributed by atoms with E-state index in [-0.39, 0.29) is 5.78 Å². The van der Waals surface area contributed by atoms with Crippen LogP contribution in [-0.4, -0.2) is 12.4 Å². The number of carbonyl (C=O) groups is 1. The summed E-state index contributed by atoms with van der Waals surface area (Å²) in [4.78, 5) is 12.6. The van der Waals surface area contributed by atoms with E-state index in [2.05, 4.69) is 19.1 Å². The molecule has 0 saturated heterocycles. The molecule has 2 aromatic carbocycles. The smallest absolute Gasteiger partial charge is 0.231 e. The van der Waals surface area contributed by atoms with Crippen LogP contribution in [0.4, 0.5) is 0 Å². The molecule has 1 aliphatic heterocycles. The van der Waals surface area contributed by atoms with Gasteiger partial charge in [0.1, 0.15) is 18.1 Å². The number of Topliss-reactive ketones (excluding diaryl/α,β-unsaturated/α-hetero) is 1. The summed E-state index contributed by atoms with van der Waals surface area (Å²) in [5.41, 5.74) is 4.87. The number of rotatable bonds is 5. The fourth-order valence-corrected chi connectivity index (χ4v) is 2.82. The summed E-state index contributed by atoms with van der Waals surface area (Å²) < 4.78 is 11.7. The second-order valence-corrected chi connectivity index (χ2v) is 6.69. The maximum atomic E-state index is 12.6. The van der Waals surface area contributed by atoms with Crippen LogP contribution >= 0.6 is 0 Å². The molecule has 0 atom stereocenters. The normalized spacial score (nSPS) is 14.2. The molecule has 0 fully saturated rings. The van der Waals surface area contributed by atoms with E-state index in [9.17, 15) is 4.79 Å². The Bertz CT molecular complexity index is 882. The van der Waals surface area contributed by atoms with Crippen LogP contribution in [0.1, 0.15) is 47.8 Å². The van der Waals surface area contributed by atoms with Crippen molar-refractivity contribution in [3.8, 4) is 11.5 Å². The largest absolute Gasteiger partial charge is 0.489 e. The summed E-state index contributed by atoms with van der Waals surface area (Å²) in [7, 11) is 0. The van der Waals surface area contributed by atoms with E-state index < -0.39 is 0 Å². The van der Waals surface area contributed by atoms with E-state index >= 15 is 0 Å². The zero-order valence-electron chi connectivity index (χ0n) is 15.8. The van der Waals surface area contributed by atoms with E-state index in [0.717, 1.165) is 23.3 Å². The van der Waals surface area contributed by atoms with Gasteiger partial charge in [0, 0.05) is 5.56 Å². The third-order valence-corrected chi connectivity index (χ3v) is 4.45. The fraction of sp³-hybridized carbons (Fsp3) is 0.261.